The number of terminal acetylenes is 1. The highest BCUT2D eigenvalue weighted by molar-refractivity contribution is 6.01. The van der Waals surface area contributed by atoms with Gasteiger partial charge in [0.15, 0.2) is 0 Å². The van der Waals surface area contributed by atoms with Crippen molar-refractivity contribution >= 4 is 21.5 Å². The molecular weight excluding hydrogens is 276 g/mol. The summed E-state index contributed by atoms with van der Waals surface area (Å²) in [6, 6.07) is 16.6. The minimum absolute atomic E-state index is 0.846. The van der Waals surface area contributed by atoms with E-state index >= 15 is 0 Å². The SMILES string of the molecule is C#CC#Cc1c(C#CC#CC)ccc2cc3ccccc3cc12. The lowest BCUT2D eigenvalue weighted by Gasteiger charge is -2.06. The summed E-state index contributed by atoms with van der Waals surface area (Å²) in [6.07, 6.45) is 5.30. The Balaban J connectivity index is 2.37. The van der Waals surface area contributed by atoms with Crippen LogP contribution in [0.5, 0.6) is 0 Å². The van der Waals surface area contributed by atoms with Crippen molar-refractivity contribution in [2.45, 2.75) is 6.92 Å². The predicted octanol–water partition coefficient (Wildman–Crippen LogP) is 4.35. The molecule has 0 atom stereocenters. The molecule has 0 aliphatic carbocycles. The fourth-order valence-corrected chi connectivity index (χ4v) is 2.51. The van der Waals surface area contributed by atoms with E-state index in [0.29, 0.717) is 0 Å². The van der Waals surface area contributed by atoms with Gasteiger partial charge in [-0.05, 0) is 70.3 Å². The first-order valence-electron chi connectivity index (χ1n) is 7.18. The highest BCUT2D eigenvalue weighted by Gasteiger charge is 2.06. The van der Waals surface area contributed by atoms with Crippen molar-refractivity contribution in [3.8, 4) is 47.9 Å². The van der Waals surface area contributed by atoms with Crippen LogP contribution in [-0.2, 0) is 0 Å². The predicted molar refractivity (Wildman–Crippen MR) is 97.5 cm³/mol. The number of benzene rings is 3. The Hall–Kier alpha value is -3.58. The molecule has 0 nitrogen and oxygen atoms in total. The molecule has 0 saturated heterocycles. The summed E-state index contributed by atoms with van der Waals surface area (Å²) >= 11 is 0. The van der Waals surface area contributed by atoms with Gasteiger partial charge in [0.2, 0.25) is 0 Å². The zero-order valence-electron chi connectivity index (χ0n) is 12.7. The standard InChI is InChI=1S/C23H12/c1-3-5-7-10-18-14-15-21-16-19-11-8-9-12-20(19)17-23(21)22(18)13-6-4-2/h2,8-9,11-12,14-17H,1H3. The lowest BCUT2D eigenvalue weighted by Crippen LogP contribution is -1.88. The van der Waals surface area contributed by atoms with Crippen molar-refractivity contribution in [3.63, 3.8) is 0 Å². The van der Waals surface area contributed by atoms with Crippen molar-refractivity contribution in [3.05, 3.63) is 59.7 Å². The maximum atomic E-state index is 5.30. The van der Waals surface area contributed by atoms with Crippen LogP contribution in [0.2, 0.25) is 0 Å². The highest BCUT2D eigenvalue weighted by atomic mass is 14.1. The lowest BCUT2D eigenvalue weighted by atomic mass is 9.96. The average Bonchev–Trinajstić information content (AvgIpc) is 2.59. The largest absolute Gasteiger partial charge is 0.106 e. The Morgan fingerprint density at radius 3 is 2.30 bits per heavy atom. The Morgan fingerprint density at radius 2 is 1.57 bits per heavy atom. The maximum absolute atomic E-state index is 5.30. The van der Waals surface area contributed by atoms with Crippen LogP contribution in [0.25, 0.3) is 21.5 Å². The Morgan fingerprint density at radius 1 is 0.783 bits per heavy atom. The smallest absolute Gasteiger partial charge is 0.0491 e. The molecule has 0 fully saturated rings. The summed E-state index contributed by atoms with van der Waals surface area (Å²) in [4.78, 5) is 0. The van der Waals surface area contributed by atoms with E-state index < -0.39 is 0 Å². The molecule has 0 aliphatic heterocycles. The molecule has 0 saturated carbocycles. The molecule has 0 amide bonds. The third-order valence-electron chi connectivity index (χ3n) is 3.53. The Kier molecular flexibility index (Phi) is 4.03. The van der Waals surface area contributed by atoms with Crippen LogP contribution in [0.4, 0.5) is 0 Å². The summed E-state index contributed by atoms with van der Waals surface area (Å²) in [7, 11) is 0. The van der Waals surface area contributed by atoms with E-state index in [1.165, 1.54) is 10.8 Å². The normalized spacial score (nSPS) is 8.87. The van der Waals surface area contributed by atoms with Gasteiger partial charge in [-0.15, -0.1) is 6.42 Å². The van der Waals surface area contributed by atoms with Crippen molar-refractivity contribution in [1.29, 1.82) is 0 Å². The molecule has 3 rings (SSSR count). The fourth-order valence-electron chi connectivity index (χ4n) is 2.51. The second kappa shape index (κ2) is 6.46. The van der Waals surface area contributed by atoms with Gasteiger partial charge in [0.1, 0.15) is 0 Å². The molecule has 3 aromatic rings. The lowest BCUT2D eigenvalue weighted by molar-refractivity contribution is 1.66. The first-order valence-corrected chi connectivity index (χ1v) is 7.18. The van der Waals surface area contributed by atoms with Gasteiger partial charge in [-0.2, -0.15) is 0 Å². The first-order chi connectivity index (χ1) is 11.3. The number of hydrogen-bond donors (Lipinski definition) is 0. The van der Waals surface area contributed by atoms with Gasteiger partial charge in [-0.3, -0.25) is 0 Å². The molecule has 104 valence electrons. The van der Waals surface area contributed by atoms with Crippen molar-refractivity contribution in [2.24, 2.45) is 0 Å². The summed E-state index contributed by atoms with van der Waals surface area (Å²) < 4.78 is 0. The monoisotopic (exact) mass is 288 g/mol. The summed E-state index contributed by atoms with van der Waals surface area (Å²) in [5.74, 6) is 19.6. The van der Waals surface area contributed by atoms with E-state index in [2.05, 4.69) is 71.8 Å². The molecule has 23 heavy (non-hydrogen) atoms. The minimum Gasteiger partial charge on any atom is -0.106 e. The van der Waals surface area contributed by atoms with E-state index in [0.717, 1.165) is 21.9 Å². The molecule has 3 aromatic carbocycles. The molecule has 0 bridgehead atoms. The van der Waals surface area contributed by atoms with Crippen LogP contribution in [0.15, 0.2) is 48.5 Å². The summed E-state index contributed by atoms with van der Waals surface area (Å²) in [5.41, 5.74) is 1.70. The summed E-state index contributed by atoms with van der Waals surface area (Å²) in [5, 5.41) is 4.55. The highest BCUT2D eigenvalue weighted by Crippen LogP contribution is 2.27. The van der Waals surface area contributed by atoms with Crippen LogP contribution in [-0.4, -0.2) is 0 Å². The van der Waals surface area contributed by atoms with Gasteiger partial charge >= 0.3 is 0 Å². The van der Waals surface area contributed by atoms with Crippen LogP contribution in [0.3, 0.4) is 0 Å². The molecule has 0 heterocycles. The topological polar surface area (TPSA) is 0 Å². The van der Waals surface area contributed by atoms with E-state index in [9.17, 15) is 0 Å². The van der Waals surface area contributed by atoms with Gasteiger partial charge in [0, 0.05) is 11.1 Å². The molecule has 0 aromatic heterocycles. The second-order valence-electron chi connectivity index (χ2n) is 4.93. The van der Waals surface area contributed by atoms with E-state index in [-0.39, 0.29) is 0 Å². The molecule has 0 radical (unpaired) electrons. The zero-order valence-corrected chi connectivity index (χ0v) is 12.7. The van der Waals surface area contributed by atoms with Crippen molar-refractivity contribution in [1.82, 2.24) is 0 Å². The molecule has 0 aliphatic rings. The van der Waals surface area contributed by atoms with Crippen LogP contribution in [0.1, 0.15) is 18.1 Å². The van der Waals surface area contributed by atoms with Crippen molar-refractivity contribution in [2.75, 3.05) is 0 Å². The maximum Gasteiger partial charge on any atom is 0.0491 e. The molecular formula is C23H12. The third kappa shape index (κ3) is 2.89. The zero-order chi connectivity index (χ0) is 16.1. The van der Waals surface area contributed by atoms with E-state index in [4.69, 9.17) is 6.42 Å². The molecule has 0 spiro atoms. The van der Waals surface area contributed by atoms with Gasteiger partial charge in [0.25, 0.3) is 0 Å². The van der Waals surface area contributed by atoms with Gasteiger partial charge < -0.3 is 0 Å². The summed E-state index contributed by atoms with van der Waals surface area (Å²) in [6.45, 7) is 1.76. The van der Waals surface area contributed by atoms with Crippen LogP contribution < -0.4 is 0 Å². The first kappa shape index (κ1) is 14.4. The van der Waals surface area contributed by atoms with Gasteiger partial charge in [-0.1, -0.05) is 48.1 Å². The number of fused-ring (bicyclic) bond motifs is 2. The third-order valence-corrected chi connectivity index (χ3v) is 3.53. The molecule has 0 unspecified atom stereocenters. The van der Waals surface area contributed by atoms with Gasteiger partial charge in [0.05, 0.1) is 0 Å². The van der Waals surface area contributed by atoms with E-state index in [1.807, 2.05) is 18.2 Å². The van der Waals surface area contributed by atoms with Gasteiger partial charge in [-0.25, -0.2) is 0 Å². The Labute approximate surface area is 136 Å². The minimum atomic E-state index is 0.846. The quantitative estimate of drug-likeness (QED) is 0.426. The van der Waals surface area contributed by atoms with Crippen molar-refractivity contribution < 1.29 is 0 Å². The van der Waals surface area contributed by atoms with Crippen LogP contribution >= 0.6 is 0 Å². The molecule has 0 heteroatoms. The fraction of sp³-hybridized carbons (Fsp3) is 0.0435. The molecule has 0 N–H and O–H groups in total. The Bertz CT molecular complexity index is 1140. The number of rotatable bonds is 0. The average molecular weight is 288 g/mol. The number of hydrogen-bond acceptors (Lipinski definition) is 0. The second-order valence-corrected chi connectivity index (χ2v) is 4.93. The van der Waals surface area contributed by atoms with Crippen LogP contribution in [0, 0.1) is 47.9 Å². The van der Waals surface area contributed by atoms with E-state index in [1.54, 1.807) is 6.92 Å².